The first-order chi connectivity index (χ1) is 16.5. The zero-order chi connectivity index (χ0) is 23.7. The highest BCUT2D eigenvalue weighted by Gasteiger charge is 2.41. The Bertz CT molecular complexity index is 1210. The van der Waals surface area contributed by atoms with Gasteiger partial charge >= 0.3 is 5.97 Å². The molecule has 3 saturated heterocycles. The van der Waals surface area contributed by atoms with Gasteiger partial charge in [-0.05, 0) is 50.4 Å². The van der Waals surface area contributed by atoms with E-state index < -0.39 is 5.97 Å². The molecule has 2 bridgehead atoms. The molecule has 1 aromatic heterocycles. The molecule has 2 aromatic carbocycles. The van der Waals surface area contributed by atoms with Crippen molar-refractivity contribution in [3.8, 4) is 11.3 Å². The van der Waals surface area contributed by atoms with E-state index in [9.17, 15) is 14.7 Å². The average molecular weight is 457 g/mol. The Morgan fingerprint density at radius 3 is 2.50 bits per heavy atom. The highest BCUT2D eigenvalue weighted by Crippen LogP contribution is 2.41. The highest BCUT2D eigenvalue weighted by molar-refractivity contribution is 6.04. The smallest absolute Gasteiger partial charge is 0.336 e. The quantitative estimate of drug-likeness (QED) is 0.587. The van der Waals surface area contributed by atoms with E-state index in [4.69, 9.17) is 4.98 Å². The summed E-state index contributed by atoms with van der Waals surface area (Å²) in [5.41, 5.74) is 3.38. The zero-order valence-electron chi connectivity index (χ0n) is 19.1. The molecule has 6 rings (SSSR count). The molecule has 4 atom stereocenters. The Balaban J connectivity index is 1.28. The fraction of sp³-hybridized carbons (Fsp3) is 0.333. The van der Waals surface area contributed by atoms with Crippen LogP contribution >= 0.6 is 0 Å². The van der Waals surface area contributed by atoms with Crippen LogP contribution < -0.4 is 5.32 Å². The largest absolute Gasteiger partial charge is 0.478 e. The molecule has 4 heterocycles. The van der Waals surface area contributed by atoms with Gasteiger partial charge in [0.15, 0.2) is 0 Å². The molecule has 2 N–H and O–H groups in total. The van der Waals surface area contributed by atoms with E-state index in [0.29, 0.717) is 18.4 Å². The summed E-state index contributed by atoms with van der Waals surface area (Å²) < 4.78 is 0. The number of carbonyl (C=O) groups excluding carboxylic acids is 1. The van der Waals surface area contributed by atoms with Crippen molar-refractivity contribution >= 4 is 11.9 Å². The molecule has 34 heavy (non-hydrogen) atoms. The van der Waals surface area contributed by atoms with Crippen LogP contribution in [0, 0.1) is 12.8 Å². The molecule has 3 fully saturated rings. The minimum absolute atomic E-state index is 0.0267. The van der Waals surface area contributed by atoms with Crippen molar-refractivity contribution in [3.05, 3.63) is 83.3 Å². The van der Waals surface area contributed by atoms with Crippen LogP contribution in [0.5, 0.6) is 0 Å². The van der Waals surface area contributed by atoms with E-state index in [2.05, 4.69) is 33.4 Å². The van der Waals surface area contributed by atoms with Crippen molar-refractivity contribution in [3.63, 3.8) is 0 Å². The lowest BCUT2D eigenvalue weighted by Crippen LogP contribution is -2.56. The number of aromatic nitrogens is 2. The number of benzene rings is 2. The summed E-state index contributed by atoms with van der Waals surface area (Å²) in [6.07, 6.45) is 2.09. The molecular weight excluding hydrogens is 428 g/mol. The number of nitrogens with zero attached hydrogens (tertiary/aromatic N) is 3. The second-order valence-corrected chi connectivity index (χ2v) is 9.19. The summed E-state index contributed by atoms with van der Waals surface area (Å²) in [5, 5.41) is 12.3. The summed E-state index contributed by atoms with van der Waals surface area (Å²) in [5.74, 6) is 0.197. The Morgan fingerprint density at radius 1 is 1.06 bits per heavy atom. The van der Waals surface area contributed by atoms with E-state index in [1.807, 2.05) is 25.1 Å². The third-order valence-electron chi connectivity index (χ3n) is 7.09. The van der Waals surface area contributed by atoms with Crippen LogP contribution in [-0.4, -0.2) is 57.5 Å². The van der Waals surface area contributed by atoms with Crippen molar-refractivity contribution in [2.24, 2.45) is 5.92 Å². The minimum Gasteiger partial charge on any atom is -0.478 e. The molecule has 0 radical (unpaired) electrons. The maximum Gasteiger partial charge on any atom is 0.336 e. The topological polar surface area (TPSA) is 95.4 Å². The number of amides is 1. The van der Waals surface area contributed by atoms with Gasteiger partial charge < -0.3 is 10.4 Å². The van der Waals surface area contributed by atoms with Crippen molar-refractivity contribution in [1.29, 1.82) is 0 Å². The monoisotopic (exact) mass is 456 g/mol. The molecule has 1 amide bonds. The Labute approximate surface area is 198 Å². The number of hydrogen-bond acceptors (Lipinski definition) is 5. The fourth-order valence-electron chi connectivity index (χ4n) is 5.40. The number of nitrogens with one attached hydrogen (secondary N) is 1. The highest BCUT2D eigenvalue weighted by atomic mass is 16.4. The molecule has 174 valence electrons. The molecule has 3 aliphatic heterocycles. The molecule has 0 spiro atoms. The lowest BCUT2D eigenvalue weighted by molar-refractivity contribution is 0.0290. The van der Waals surface area contributed by atoms with Gasteiger partial charge in [0, 0.05) is 36.3 Å². The molecule has 3 aliphatic rings. The minimum atomic E-state index is -1.09. The van der Waals surface area contributed by atoms with Crippen LogP contribution in [0.3, 0.4) is 0 Å². The van der Waals surface area contributed by atoms with Gasteiger partial charge in [-0.1, -0.05) is 42.5 Å². The fourth-order valence-corrected chi connectivity index (χ4v) is 5.40. The number of carbonyl (C=O) groups is 2. The second kappa shape index (κ2) is 9.35. The number of hydrogen-bond donors (Lipinski definition) is 2. The van der Waals surface area contributed by atoms with E-state index >= 15 is 0 Å². The van der Waals surface area contributed by atoms with Crippen LogP contribution in [0.25, 0.3) is 11.3 Å². The molecule has 7 nitrogen and oxygen atoms in total. The standard InChI is InChI=1S/C27H28N4O3/c1-17-29-24(18-7-3-2-4-8-18)14-25(30-17)23-16-31-12-11-19(23)13-20(31)15-28-26(32)21-9-5-6-10-22(21)27(33)34/h2-10,14,19-20,23H,11-13,15-16H2,1H3,(H,28,32)(H,33,34)/t19-,20+,23+/m0/s1. The Kier molecular flexibility index (Phi) is 6.11. The van der Waals surface area contributed by atoms with Crippen LogP contribution in [-0.2, 0) is 0 Å². The van der Waals surface area contributed by atoms with Gasteiger partial charge in [0.25, 0.3) is 5.91 Å². The van der Waals surface area contributed by atoms with Crippen LogP contribution in [0.4, 0.5) is 0 Å². The first-order valence-corrected chi connectivity index (χ1v) is 11.7. The average Bonchev–Trinajstić information content (AvgIpc) is 2.87. The third-order valence-corrected chi connectivity index (χ3v) is 7.09. The van der Waals surface area contributed by atoms with Gasteiger partial charge in [-0.2, -0.15) is 0 Å². The summed E-state index contributed by atoms with van der Waals surface area (Å²) in [6, 6.07) is 18.9. The van der Waals surface area contributed by atoms with Crippen LogP contribution in [0.1, 0.15) is 51.0 Å². The zero-order valence-corrected chi connectivity index (χ0v) is 19.1. The number of rotatable bonds is 6. The molecule has 0 aliphatic carbocycles. The number of fused-ring (bicyclic) bond motifs is 3. The molecular formula is C27H28N4O3. The van der Waals surface area contributed by atoms with Crippen LogP contribution in [0.15, 0.2) is 60.7 Å². The van der Waals surface area contributed by atoms with Gasteiger partial charge in [-0.3, -0.25) is 9.69 Å². The van der Waals surface area contributed by atoms with Crippen molar-refractivity contribution < 1.29 is 14.7 Å². The molecule has 1 unspecified atom stereocenters. The maximum absolute atomic E-state index is 12.7. The van der Waals surface area contributed by atoms with Crippen molar-refractivity contribution in [2.45, 2.75) is 31.7 Å². The number of carboxylic acid groups (broad SMARTS) is 1. The van der Waals surface area contributed by atoms with Gasteiger partial charge in [-0.25, -0.2) is 14.8 Å². The normalized spacial score (nSPS) is 23.4. The van der Waals surface area contributed by atoms with Crippen molar-refractivity contribution in [1.82, 2.24) is 20.2 Å². The summed E-state index contributed by atoms with van der Waals surface area (Å²) >= 11 is 0. The lowest BCUT2D eigenvalue weighted by Gasteiger charge is -2.49. The third kappa shape index (κ3) is 4.43. The number of aromatic carboxylic acids is 1. The van der Waals surface area contributed by atoms with E-state index in [-0.39, 0.29) is 23.1 Å². The predicted octanol–water partition coefficient (Wildman–Crippen LogP) is 3.76. The summed E-state index contributed by atoms with van der Waals surface area (Å²) in [6.45, 7) is 4.36. The molecule has 3 aromatic rings. The summed E-state index contributed by atoms with van der Waals surface area (Å²) in [4.78, 5) is 36.1. The van der Waals surface area contributed by atoms with Gasteiger partial charge in [0.05, 0.1) is 16.8 Å². The van der Waals surface area contributed by atoms with Gasteiger partial charge in [-0.15, -0.1) is 0 Å². The molecule has 0 saturated carbocycles. The van der Waals surface area contributed by atoms with Crippen LogP contribution in [0.2, 0.25) is 0 Å². The van der Waals surface area contributed by atoms with Crippen molar-refractivity contribution in [2.75, 3.05) is 19.6 Å². The van der Waals surface area contributed by atoms with E-state index in [0.717, 1.165) is 48.7 Å². The SMILES string of the molecule is Cc1nc(-c2ccccc2)cc([C@@H]2CN3CC[C@H]2C[C@@H]3CNC(=O)c2ccccc2C(=O)O)n1. The Morgan fingerprint density at radius 2 is 1.79 bits per heavy atom. The Hall–Kier alpha value is -3.58. The lowest BCUT2D eigenvalue weighted by atomic mass is 9.74. The first kappa shape index (κ1) is 22.2. The van der Waals surface area contributed by atoms with Gasteiger partial charge in [0.1, 0.15) is 5.82 Å². The number of aryl methyl sites for hydroxylation is 1. The molecule has 7 heteroatoms. The van der Waals surface area contributed by atoms with E-state index in [1.54, 1.807) is 18.2 Å². The number of piperidine rings is 3. The first-order valence-electron chi connectivity index (χ1n) is 11.7. The summed E-state index contributed by atoms with van der Waals surface area (Å²) in [7, 11) is 0. The number of carboxylic acids is 1. The predicted molar refractivity (Wildman–Crippen MR) is 129 cm³/mol. The van der Waals surface area contributed by atoms with E-state index in [1.165, 1.54) is 6.07 Å². The second-order valence-electron chi connectivity index (χ2n) is 9.19. The maximum atomic E-state index is 12.7. The van der Waals surface area contributed by atoms with Gasteiger partial charge in [0.2, 0.25) is 0 Å².